The van der Waals surface area contributed by atoms with Gasteiger partial charge in [-0.25, -0.2) is 0 Å². The van der Waals surface area contributed by atoms with Crippen molar-refractivity contribution >= 4 is 5.84 Å². The molecule has 0 aromatic heterocycles. The van der Waals surface area contributed by atoms with E-state index >= 15 is 0 Å². The van der Waals surface area contributed by atoms with Crippen molar-refractivity contribution in [1.82, 2.24) is 0 Å². The van der Waals surface area contributed by atoms with Gasteiger partial charge in [0.1, 0.15) is 18.7 Å². The maximum absolute atomic E-state index is 7.11. The van der Waals surface area contributed by atoms with Crippen LogP contribution in [-0.2, 0) is 0 Å². The number of ether oxygens (including phenoxy) is 1. The van der Waals surface area contributed by atoms with Gasteiger partial charge in [-0.1, -0.05) is 12.1 Å². The van der Waals surface area contributed by atoms with E-state index in [-0.39, 0.29) is 5.84 Å². The fraction of sp³-hybridized carbons (Fsp3) is 0. The molecule has 0 spiro atoms. The van der Waals surface area contributed by atoms with Gasteiger partial charge in [0.05, 0.1) is 0 Å². The molecule has 1 rings (SSSR count). The molecule has 0 amide bonds. The van der Waals surface area contributed by atoms with Gasteiger partial charge in [-0.05, 0) is 12.1 Å². The molecule has 0 aliphatic rings. The number of amidine groups is 1. The molecule has 0 atom stereocenters. The van der Waals surface area contributed by atoms with Gasteiger partial charge in [-0.3, -0.25) is 5.41 Å². The summed E-state index contributed by atoms with van der Waals surface area (Å²) in [5.74, 6) is 0.640. The van der Waals surface area contributed by atoms with Crippen LogP contribution in [-0.4, -0.2) is 5.84 Å². The molecule has 3 heteroatoms. The minimum absolute atomic E-state index is 0.0314. The lowest BCUT2D eigenvalue weighted by Crippen LogP contribution is -2.10. The third kappa shape index (κ3) is 1.70. The van der Waals surface area contributed by atoms with Gasteiger partial charge in [-0.2, -0.15) is 0 Å². The van der Waals surface area contributed by atoms with Crippen LogP contribution >= 0.6 is 0 Å². The molecule has 57 valence electrons. The summed E-state index contributed by atoms with van der Waals surface area (Å²) in [6.07, 6.45) is 0. The number of hydrogen-bond donors (Lipinski definition) is 2. The highest BCUT2D eigenvalue weighted by molar-refractivity contribution is 5.95. The Hall–Kier alpha value is -1.51. The van der Waals surface area contributed by atoms with Crippen molar-refractivity contribution in [2.45, 2.75) is 0 Å². The van der Waals surface area contributed by atoms with Crippen LogP contribution in [0.1, 0.15) is 5.56 Å². The highest BCUT2D eigenvalue weighted by Gasteiger charge is 1.96. The minimum atomic E-state index is 0.0314. The van der Waals surface area contributed by atoms with E-state index in [1.807, 2.05) is 0 Å². The van der Waals surface area contributed by atoms with Crippen molar-refractivity contribution < 1.29 is 4.74 Å². The Morgan fingerprint density at radius 1 is 1.55 bits per heavy atom. The van der Waals surface area contributed by atoms with Crippen LogP contribution in [0.5, 0.6) is 5.75 Å². The average Bonchev–Trinajstić information content (AvgIpc) is 2.05. The highest BCUT2D eigenvalue weighted by Crippen LogP contribution is 2.11. The Morgan fingerprint density at radius 2 is 2.27 bits per heavy atom. The van der Waals surface area contributed by atoms with Crippen molar-refractivity contribution in [2.24, 2.45) is 5.73 Å². The minimum Gasteiger partial charge on any atom is -0.490 e. The van der Waals surface area contributed by atoms with Crippen LogP contribution in [0.2, 0.25) is 0 Å². The zero-order valence-electron chi connectivity index (χ0n) is 6.00. The van der Waals surface area contributed by atoms with E-state index in [0.29, 0.717) is 11.3 Å². The van der Waals surface area contributed by atoms with Gasteiger partial charge in [0, 0.05) is 5.56 Å². The van der Waals surface area contributed by atoms with E-state index < -0.39 is 0 Å². The summed E-state index contributed by atoms with van der Waals surface area (Å²) in [4.78, 5) is 0. The van der Waals surface area contributed by atoms with Gasteiger partial charge in [0.2, 0.25) is 0 Å². The predicted molar refractivity (Wildman–Crippen MR) is 43.4 cm³/mol. The average molecular weight is 149 g/mol. The van der Waals surface area contributed by atoms with Crippen LogP contribution in [0.4, 0.5) is 0 Å². The standard InChI is InChI=1S/C8H9N2O/c1-11-7-4-2-3-6(5-7)8(9)10/h2-5H,1H2,(H3,9,10). The molecule has 0 bridgehead atoms. The Morgan fingerprint density at radius 3 is 2.82 bits per heavy atom. The monoisotopic (exact) mass is 149 g/mol. The van der Waals surface area contributed by atoms with Gasteiger partial charge < -0.3 is 10.5 Å². The molecule has 11 heavy (non-hydrogen) atoms. The number of rotatable bonds is 2. The van der Waals surface area contributed by atoms with Crippen molar-refractivity contribution in [3.63, 3.8) is 0 Å². The Kier molecular flexibility index (Phi) is 2.11. The summed E-state index contributed by atoms with van der Waals surface area (Å²) in [7, 11) is 3.25. The van der Waals surface area contributed by atoms with E-state index in [0.717, 1.165) is 0 Å². The van der Waals surface area contributed by atoms with Gasteiger partial charge >= 0.3 is 0 Å². The summed E-state index contributed by atoms with van der Waals surface area (Å²) in [5.41, 5.74) is 5.89. The van der Waals surface area contributed by atoms with E-state index in [1.54, 1.807) is 24.3 Å². The third-order valence-electron chi connectivity index (χ3n) is 1.31. The molecular weight excluding hydrogens is 140 g/mol. The lowest BCUT2D eigenvalue weighted by atomic mass is 10.2. The molecule has 1 radical (unpaired) electrons. The van der Waals surface area contributed by atoms with Gasteiger partial charge in [0.15, 0.2) is 0 Å². The second-order valence-corrected chi connectivity index (χ2v) is 2.09. The molecule has 0 unspecified atom stereocenters. The predicted octanol–water partition coefficient (Wildman–Crippen LogP) is 1.14. The highest BCUT2D eigenvalue weighted by atomic mass is 16.5. The molecular formula is C8H9N2O. The number of benzene rings is 1. The molecule has 0 heterocycles. The molecule has 1 aromatic rings. The van der Waals surface area contributed by atoms with Crippen LogP contribution in [0, 0.1) is 12.5 Å². The summed E-state index contributed by atoms with van der Waals surface area (Å²) >= 11 is 0. The van der Waals surface area contributed by atoms with Crippen LogP contribution in [0.25, 0.3) is 0 Å². The van der Waals surface area contributed by atoms with Gasteiger partial charge in [0.25, 0.3) is 0 Å². The summed E-state index contributed by atoms with van der Waals surface area (Å²) in [5, 5.41) is 7.11. The summed E-state index contributed by atoms with van der Waals surface area (Å²) < 4.78 is 4.70. The summed E-state index contributed by atoms with van der Waals surface area (Å²) in [6, 6.07) is 6.91. The van der Waals surface area contributed by atoms with Crippen molar-refractivity contribution in [3.8, 4) is 5.75 Å². The molecule has 3 nitrogen and oxygen atoms in total. The maximum Gasteiger partial charge on any atom is 0.122 e. The summed E-state index contributed by atoms with van der Waals surface area (Å²) in [6.45, 7) is 0. The Labute approximate surface area is 65.3 Å². The Bertz CT molecular complexity index is 271. The van der Waals surface area contributed by atoms with Crippen LogP contribution in [0.3, 0.4) is 0 Å². The van der Waals surface area contributed by atoms with Gasteiger partial charge in [-0.15, -0.1) is 0 Å². The first-order valence-corrected chi connectivity index (χ1v) is 3.10. The maximum atomic E-state index is 7.11. The zero-order chi connectivity index (χ0) is 8.27. The fourth-order valence-corrected chi connectivity index (χ4v) is 0.753. The lowest BCUT2D eigenvalue weighted by Gasteiger charge is -2.00. The van der Waals surface area contributed by atoms with E-state index in [2.05, 4.69) is 7.11 Å². The second kappa shape index (κ2) is 3.05. The first-order chi connectivity index (χ1) is 5.24. The number of nitrogens with one attached hydrogen (secondary N) is 1. The van der Waals surface area contributed by atoms with E-state index in [9.17, 15) is 0 Å². The van der Waals surface area contributed by atoms with Crippen molar-refractivity contribution in [2.75, 3.05) is 0 Å². The number of nitrogen functional groups attached to an aromatic ring is 1. The first-order valence-electron chi connectivity index (χ1n) is 3.10. The lowest BCUT2D eigenvalue weighted by molar-refractivity contribution is 0.473. The van der Waals surface area contributed by atoms with Crippen LogP contribution < -0.4 is 10.5 Å². The number of hydrogen-bond acceptors (Lipinski definition) is 2. The van der Waals surface area contributed by atoms with Crippen LogP contribution in [0.15, 0.2) is 24.3 Å². The number of nitrogens with two attached hydrogens (primary N) is 1. The third-order valence-corrected chi connectivity index (χ3v) is 1.31. The van der Waals surface area contributed by atoms with E-state index in [4.69, 9.17) is 15.9 Å². The smallest absolute Gasteiger partial charge is 0.122 e. The molecule has 3 N–H and O–H groups in total. The molecule has 0 saturated carbocycles. The molecule has 0 aliphatic heterocycles. The normalized spacial score (nSPS) is 9.18. The quantitative estimate of drug-likeness (QED) is 0.489. The SMILES string of the molecule is [CH2]Oc1cccc(C(=N)N)c1. The molecule has 1 aromatic carbocycles. The largest absolute Gasteiger partial charge is 0.490 e. The topological polar surface area (TPSA) is 59.1 Å². The van der Waals surface area contributed by atoms with Crippen molar-refractivity contribution in [1.29, 1.82) is 5.41 Å². The molecule has 0 aliphatic carbocycles. The molecule has 0 fully saturated rings. The second-order valence-electron chi connectivity index (χ2n) is 2.09. The van der Waals surface area contributed by atoms with E-state index in [1.165, 1.54) is 0 Å². The van der Waals surface area contributed by atoms with Crippen molar-refractivity contribution in [3.05, 3.63) is 36.9 Å². The fourth-order valence-electron chi connectivity index (χ4n) is 0.753. The molecule has 0 saturated heterocycles. The zero-order valence-corrected chi connectivity index (χ0v) is 6.00. The Balaban J connectivity index is 3.01. The first kappa shape index (κ1) is 7.60.